The van der Waals surface area contributed by atoms with E-state index in [2.05, 4.69) is 4.98 Å². The number of benzene rings is 1. The molecule has 0 unspecified atom stereocenters. The van der Waals surface area contributed by atoms with Crippen molar-refractivity contribution < 1.29 is 13.5 Å². The van der Waals surface area contributed by atoms with Crippen LogP contribution in [-0.2, 0) is 0 Å². The molecule has 0 amide bonds. The summed E-state index contributed by atoms with van der Waals surface area (Å²) in [7, 11) is 0. The molecule has 82 valence electrons. The summed E-state index contributed by atoms with van der Waals surface area (Å²) in [6.07, 6.45) is 1.27. The van der Waals surface area contributed by atoms with Gasteiger partial charge >= 0.3 is 0 Å². The quantitative estimate of drug-likeness (QED) is 0.746. The Labute approximate surface area is 95.5 Å². The lowest BCUT2D eigenvalue weighted by atomic mass is 10.3. The number of hydrogen-bond acceptors (Lipinski definition) is 2. The Bertz CT molecular complexity index is 519. The maximum atomic E-state index is 12.8. The number of nitrogens with zero attached hydrogens (tertiary/aromatic N) is 1. The largest absolute Gasteiger partial charge is 0.457 e. The summed E-state index contributed by atoms with van der Waals surface area (Å²) in [6.45, 7) is 0. The van der Waals surface area contributed by atoms with Gasteiger partial charge in [-0.1, -0.05) is 11.6 Å². The molecule has 1 aromatic carbocycles. The molecule has 1 heterocycles. The zero-order valence-corrected chi connectivity index (χ0v) is 8.71. The standard InChI is InChI=1S/C11H6ClF2NO/c12-9-5-7(1-2-10(9)13)16-8-3-4-15-11(14)6-8/h1-6H. The Morgan fingerprint density at radius 1 is 1.06 bits per heavy atom. The summed E-state index contributed by atoms with van der Waals surface area (Å²) in [5.74, 6) is -0.576. The molecule has 0 spiro atoms. The lowest BCUT2D eigenvalue weighted by Crippen LogP contribution is -1.88. The third kappa shape index (κ3) is 2.46. The van der Waals surface area contributed by atoms with Crippen molar-refractivity contribution in [3.8, 4) is 11.5 Å². The Kier molecular flexibility index (Phi) is 3.01. The molecule has 2 nitrogen and oxygen atoms in total. The number of ether oxygens (including phenoxy) is 1. The molecule has 0 aliphatic rings. The van der Waals surface area contributed by atoms with Gasteiger partial charge in [-0.25, -0.2) is 9.37 Å². The van der Waals surface area contributed by atoms with Crippen LogP contribution in [-0.4, -0.2) is 4.98 Å². The number of halogens is 3. The van der Waals surface area contributed by atoms with Crippen molar-refractivity contribution >= 4 is 11.6 Å². The van der Waals surface area contributed by atoms with Crippen LogP contribution in [0.2, 0.25) is 5.02 Å². The number of pyridine rings is 1. The van der Waals surface area contributed by atoms with Crippen molar-refractivity contribution in [2.24, 2.45) is 0 Å². The molecular formula is C11H6ClF2NO. The molecule has 5 heteroatoms. The van der Waals surface area contributed by atoms with Crippen LogP contribution in [0.5, 0.6) is 11.5 Å². The highest BCUT2D eigenvalue weighted by Crippen LogP contribution is 2.25. The Morgan fingerprint density at radius 3 is 2.50 bits per heavy atom. The van der Waals surface area contributed by atoms with Crippen molar-refractivity contribution in [3.05, 3.63) is 53.3 Å². The van der Waals surface area contributed by atoms with Gasteiger partial charge in [0, 0.05) is 18.3 Å². The molecule has 2 aromatic rings. The summed E-state index contributed by atoms with van der Waals surface area (Å²) in [5.41, 5.74) is 0. The van der Waals surface area contributed by atoms with Crippen LogP contribution in [0, 0.1) is 11.8 Å². The van der Waals surface area contributed by atoms with Crippen LogP contribution in [0.25, 0.3) is 0 Å². The SMILES string of the molecule is Fc1cc(Oc2ccc(F)c(Cl)c2)ccn1. The van der Waals surface area contributed by atoms with E-state index >= 15 is 0 Å². The maximum Gasteiger partial charge on any atom is 0.216 e. The highest BCUT2D eigenvalue weighted by atomic mass is 35.5. The van der Waals surface area contributed by atoms with Gasteiger partial charge in [0.25, 0.3) is 0 Å². The van der Waals surface area contributed by atoms with Gasteiger partial charge in [-0.15, -0.1) is 0 Å². The van der Waals surface area contributed by atoms with E-state index in [1.165, 1.54) is 30.5 Å². The third-order valence-electron chi connectivity index (χ3n) is 1.82. The zero-order valence-electron chi connectivity index (χ0n) is 7.95. The molecule has 2 rings (SSSR count). The lowest BCUT2D eigenvalue weighted by molar-refractivity contribution is 0.470. The van der Waals surface area contributed by atoms with Gasteiger partial charge in [0.05, 0.1) is 5.02 Å². The van der Waals surface area contributed by atoms with Crippen molar-refractivity contribution in [3.63, 3.8) is 0 Å². The van der Waals surface area contributed by atoms with Crippen LogP contribution in [0.4, 0.5) is 8.78 Å². The van der Waals surface area contributed by atoms with Gasteiger partial charge in [0.2, 0.25) is 5.95 Å². The summed E-state index contributed by atoms with van der Waals surface area (Å²) in [6, 6.07) is 6.50. The fourth-order valence-corrected chi connectivity index (χ4v) is 1.30. The Hall–Kier alpha value is -1.68. The predicted octanol–water partition coefficient (Wildman–Crippen LogP) is 3.81. The number of rotatable bonds is 2. The van der Waals surface area contributed by atoms with Gasteiger partial charge < -0.3 is 4.74 Å². The normalized spacial score (nSPS) is 10.2. The molecule has 0 atom stereocenters. The third-order valence-corrected chi connectivity index (χ3v) is 2.11. The van der Waals surface area contributed by atoms with E-state index in [-0.39, 0.29) is 10.8 Å². The summed E-state index contributed by atoms with van der Waals surface area (Å²) < 4.78 is 30.8. The molecule has 16 heavy (non-hydrogen) atoms. The molecule has 0 saturated carbocycles. The van der Waals surface area contributed by atoms with Gasteiger partial charge in [0.15, 0.2) is 0 Å². The van der Waals surface area contributed by atoms with Gasteiger partial charge in [-0.05, 0) is 18.2 Å². The van der Waals surface area contributed by atoms with Crippen LogP contribution in [0.15, 0.2) is 36.5 Å². The molecule has 0 bridgehead atoms. The first-order chi connectivity index (χ1) is 7.65. The maximum absolute atomic E-state index is 12.8. The first kappa shape index (κ1) is 10.8. The second kappa shape index (κ2) is 4.45. The summed E-state index contributed by atoms with van der Waals surface area (Å²) in [5, 5.41) is -0.0490. The molecule has 0 aliphatic heterocycles. The molecule has 0 aliphatic carbocycles. The van der Waals surface area contributed by atoms with Crippen molar-refractivity contribution in [2.45, 2.75) is 0 Å². The highest BCUT2D eigenvalue weighted by molar-refractivity contribution is 6.30. The minimum absolute atomic E-state index is 0.0490. The van der Waals surface area contributed by atoms with E-state index < -0.39 is 11.8 Å². The molecule has 0 fully saturated rings. The Morgan fingerprint density at radius 2 is 1.81 bits per heavy atom. The predicted molar refractivity (Wildman–Crippen MR) is 55.7 cm³/mol. The monoisotopic (exact) mass is 241 g/mol. The van der Waals surface area contributed by atoms with E-state index in [4.69, 9.17) is 16.3 Å². The van der Waals surface area contributed by atoms with E-state index in [0.717, 1.165) is 6.07 Å². The first-order valence-electron chi connectivity index (χ1n) is 4.39. The van der Waals surface area contributed by atoms with Crippen LogP contribution in [0.3, 0.4) is 0 Å². The van der Waals surface area contributed by atoms with Crippen LogP contribution < -0.4 is 4.74 Å². The van der Waals surface area contributed by atoms with E-state index in [0.29, 0.717) is 5.75 Å². The number of aromatic nitrogens is 1. The van der Waals surface area contributed by atoms with Crippen molar-refractivity contribution in [1.29, 1.82) is 0 Å². The molecular weight excluding hydrogens is 236 g/mol. The van der Waals surface area contributed by atoms with Crippen LogP contribution in [0.1, 0.15) is 0 Å². The topological polar surface area (TPSA) is 22.1 Å². The second-order valence-corrected chi connectivity index (χ2v) is 3.40. The minimum Gasteiger partial charge on any atom is -0.457 e. The smallest absolute Gasteiger partial charge is 0.216 e. The van der Waals surface area contributed by atoms with Gasteiger partial charge in [-0.3, -0.25) is 0 Å². The highest BCUT2D eigenvalue weighted by Gasteiger charge is 2.03. The van der Waals surface area contributed by atoms with Gasteiger partial charge in [0.1, 0.15) is 17.3 Å². The van der Waals surface area contributed by atoms with Crippen molar-refractivity contribution in [2.75, 3.05) is 0 Å². The van der Waals surface area contributed by atoms with Crippen molar-refractivity contribution in [1.82, 2.24) is 4.98 Å². The minimum atomic E-state index is -0.647. The molecule has 0 N–H and O–H groups in total. The fourth-order valence-electron chi connectivity index (χ4n) is 1.12. The summed E-state index contributed by atoms with van der Waals surface area (Å²) in [4.78, 5) is 3.38. The van der Waals surface area contributed by atoms with E-state index in [9.17, 15) is 8.78 Å². The first-order valence-corrected chi connectivity index (χ1v) is 4.77. The average Bonchev–Trinajstić information content (AvgIpc) is 2.24. The zero-order chi connectivity index (χ0) is 11.5. The molecule has 1 aromatic heterocycles. The van der Waals surface area contributed by atoms with E-state index in [1.807, 2.05) is 0 Å². The number of hydrogen-bond donors (Lipinski definition) is 0. The second-order valence-electron chi connectivity index (χ2n) is 2.99. The fraction of sp³-hybridized carbons (Fsp3) is 0. The van der Waals surface area contributed by atoms with E-state index in [1.54, 1.807) is 0 Å². The van der Waals surface area contributed by atoms with Gasteiger partial charge in [-0.2, -0.15) is 4.39 Å². The average molecular weight is 242 g/mol. The molecule has 0 radical (unpaired) electrons. The lowest BCUT2D eigenvalue weighted by Gasteiger charge is -2.05. The van der Waals surface area contributed by atoms with Crippen LogP contribution >= 0.6 is 11.6 Å². The Balaban J connectivity index is 2.24. The summed E-state index contributed by atoms with van der Waals surface area (Å²) >= 11 is 5.57. The molecule has 0 saturated heterocycles.